The van der Waals surface area contributed by atoms with Gasteiger partial charge in [0.1, 0.15) is 5.82 Å². The van der Waals surface area contributed by atoms with Gasteiger partial charge in [0.05, 0.1) is 10.5 Å². The van der Waals surface area contributed by atoms with Crippen LogP contribution in [0, 0.1) is 12.7 Å². The fourth-order valence-corrected chi connectivity index (χ4v) is 4.41. The number of hydrogen-bond donors (Lipinski definition) is 1. The highest BCUT2D eigenvalue weighted by Gasteiger charge is 2.24. The van der Waals surface area contributed by atoms with E-state index in [0.29, 0.717) is 11.3 Å². The number of hydrogen-bond acceptors (Lipinski definition) is 6. The molecule has 0 radical (unpaired) electrons. The Morgan fingerprint density at radius 1 is 1.17 bits per heavy atom. The quantitative estimate of drug-likeness (QED) is 0.613. The molecule has 0 atom stereocenters. The van der Waals surface area contributed by atoms with E-state index in [1.54, 1.807) is 39.0 Å². The van der Waals surface area contributed by atoms with Crippen LogP contribution in [-0.4, -0.2) is 41.9 Å². The Morgan fingerprint density at radius 2 is 1.90 bits per heavy atom. The third-order valence-corrected chi connectivity index (χ3v) is 6.66. The van der Waals surface area contributed by atoms with E-state index in [-0.39, 0.29) is 29.4 Å². The van der Waals surface area contributed by atoms with Gasteiger partial charge in [0.15, 0.2) is 0 Å². The molecular weight excluding hydrogens is 411 g/mol. The van der Waals surface area contributed by atoms with Gasteiger partial charge in [0, 0.05) is 24.3 Å². The van der Waals surface area contributed by atoms with Gasteiger partial charge in [-0.05, 0) is 42.8 Å². The Hall–Kier alpha value is -3.11. The Kier molecular flexibility index (Phi) is 6.28. The highest BCUT2D eigenvalue weighted by molar-refractivity contribution is 7.89. The number of anilines is 1. The summed E-state index contributed by atoms with van der Waals surface area (Å²) in [7, 11) is -3.83. The van der Waals surface area contributed by atoms with Crippen molar-refractivity contribution < 1.29 is 22.0 Å². The van der Waals surface area contributed by atoms with Crippen LogP contribution < -0.4 is 5.32 Å². The lowest BCUT2D eigenvalue weighted by Crippen LogP contribution is -2.31. The molecule has 3 rings (SSSR count). The van der Waals surface area contributed by atoms with Crippen LogP contribution in [0.25, 0.3) is 11.5 Å². The fraction of sp³-hybridized carbons (Fsp3) is 0.250. The summed E-state index contributed by atoms with van der Waals surface area (Å²) >= 11 is 0. The lowest BCUT2D eigenvalue weighted by atomic mass is 10.1. The molecule has 1 amide bonds. The number of amides is 1. The normalized spacial score (nSPS) is 11.6. The molecule has 0 fully saturated rings. The predicted molar refractivity (Wildman–Crippen MR) is 109 cm³/mol. The zero-order valence-electron chi connectivity index (χ0n) is 16.7. The SMILES string of the molecule is CCN(CC)S(=O)(=O)c1ccc(F)c(C(=O)Nc2cc(-c3nnco3)ccc2C)c1. The maximum atomic E-state index is 14.4. The molecule has 3 aromatic rings. The van der Waals surface area contributed by atoms with Crippen molar-refractivity contribution in [3.05, 3.63) is 59.7 Å². The predicted octanol–water partition coefficient (Wildman–Crippen LogP) is 3.47. The number of nitrogens with one attached hydrogen (secondary N) is 1. The molecule has 1 heterocycles. The van der Waals surface area contributed by atoms with E-state index in [1.165, 1.54) is 10.7 Å². The van der Waals surface area contributed by atoms with E-state index in [9.17, 15) is 17.6 Å². The monoisotopic (exact) mass is 432 g/mol. The number of benzene rings is 2. The minimum atomic E-state index is -3.83. The summed E-state index contributed by atoms with van der Waals surface area (Å²) in [6.07, 6.45) is 1.19. The smallest absolute Gasteiger partial charge is 0.258 e. The Labute approximate surface area is 173 Å². The van der Waals surface area contributed by atoms with Crippen LogP contribution in [-0.2, 0) is 10.0 Å². The molecular formula is C20H21FN4O4S. The van der Waals surface area contributed by atoms with Crippen LogP contribution in [0.5, 0.6) is 0 Å². The van der Waals surface area contributed by atoms with Crippen LogP contribution in [0.2, 0.25) is 0 Å². The van der Waals surface area contributed by atoms with Crippen molar-refractivity contribution in [2.45, 2.75) is 25.7 Å². The Morgan fingerprint density at radius 3 is 2.53 bits per heavy atom. The molecule has 0 aliphatic heterocycles. The average molecular weight is 432 g/mol. The summed E-state index contributed by atoms with van der Waals surface area (Å²) in [5, 5.41) is 10.1. The van der Waals surface area contributed by atoms with E-state index in [2.05, 4.69) is 15.5 Å². The Balaban J connectivity index is 1.94. The van der Waals surface area contributed by atoms with E-state index in [4.69, 9.17) is 4.42 Å². The van der Waals surface area contributed by atoms with Crippen LogP contribution in [0.4, 0.5) is 10.1 Å². The molecule has 0 aliphatic rings. The topological polar surface area (TPSA) is 105 Å². The first-order valence-electron chi connectivity index (χ1n) is 9.26. The molecule has 0 saturated carbocycles. The van der Waals surface area contributed by atoms with Crippen molar-refractivity contribution in [2.24, 2.45) is 0 Å². The van der Waals surface area contributed by atoms with Gasteiger partial charge < -0.3 is 9.73 Å². The van der Waals surface area contributed by atoms with Crippen LogP contribution >= 0.6 is 0 Å². The molecule has 10 heteroatoms. The van der Waals surface area contributed by atoms with Gasteiger partial charge in [-0.25, -0.2) is 12.8 Å². The van der Waals surface area contributed by atoms with Crippen molar-refractivity contribution in [1.29, 1.82) is 0 Å². The number of rotatable bonds is 7. The number of carbonyl (C=O) groups is 1. The first-order valence-corrected chi connectivity index (χ1v) is 10.7. The van der Waals surface area contributed by atoms with Gasteiger partial charge in [0.2, 0.25) is 22.3 Å². The molecule has 0 spiro atoms. The van der Waals surface area contributed by atoms with Crippen molar-refractivity contribution in [1.82, 2.24) is 14.5 Å². The zero-order chi connectivity index (χ0) is 21.9. The van der Waals surface area contributed by atoms with Crippen molar-refractivity contribution in [3.8, 4) is 11.5 Å². The summed E-state index contributed by atoms with van der Waals surface area (Å²) < 4.78 is 46.2. The summed E-state index contributed by atoms with van der Waals surface area (Å²) in [4.78, 5) is 12.6. The standard InChI is InChI=1S/C20H21FN4O4S/c1-4-25(5-2)30(27,28)15-8-9-17(21)16(11-15)19(26)23-18-10-14(7-6-13(18)3)20-24-22-12-29-20/h6-12H,4-5H2,1-3H3,(H,23,26). The van der Waals surface area contributed by atoms with Gasteiger partial charge in [-0.1, -0.05) is 19.9 Å². The third kappa shape index (κ3) is 4.24. The van der Waals surface area contributed by atoms with E-state index in [0.717, 1.165) is 23.8 Å². The zero-order valence-corrected chi connectivity index (χ0v) is 17.5. The minimum absolute atomic E-state index is 0.144. The second kappa shape index (κ2) is 8.72. The molecule has 0 unspecified atom stereocenters. The number of sulfonamides is 1. The summed E-state index contributed by atoms with van der Waals surface area (Å²) in [6.45, 7) is 5.71. The van der Waals surface area contributed by atoms with Crippen molar-refractivity contribution in [2.75, 3.05) is 18.4 Å². The van der Waals surface area contributed by atoms with Gasteiger partial charge in [-0.3, -0.25) is 4.79 Å². The maximum Gasteiger partial charge on any atom is 0.258 e. The molecule has 1 N–H and O–H groups in total. The van der Waals surface area contributed by atoms with E-state index < -0.39 is 21.7 Å². The number of aromatic nitrogens is 2. The van der Waals surface area contributed by atoms with E-state index in [1.807, 2.05) is 0 Å². The van der Waals surface area contributed by atoms with Gasteiger partial charge in [0.25, 0.3) is 5.91 Å². The number of nitrogens with zero attached hydrogens (tertiary/aromatic N) is 3. The lowest BCUT2D eigenvalue weighted by molar-refractivity contribution is 0.102. The van der Waals surface area contributed by atoms with E-state index >= 15 is 0 Å². The number of carbonyl (C=O) groups excluding carboxylic acids is 1. The second-order valence-corrected chi connectivity index (χ2v) is 8.40. The molecule has 1 aromatic heterocycles. The molecule has 158 valence electrons. The first-order chi connectivity index (χ1) is 14.3. The molecule has 8 nitrogen and oxygen atoms in total. The minimum Gasteiger partial charge on any atom is -0.423 e. The molecule has 0 saturated heterocycles. The van der Waals surface area contributed by atoms with Gasteiger partial charge in [-0.2, -0.15) is 4.31 Å². The second-order valence-electron chi connectivity index (χ2n) is 6.46. The summed E-state index contributed by atoms with van der Waals surface area (Å²) in [5.41, 5.74) is 1.34. The molecule has 30 heavy (non-hydrogen) atoms. The largest absolute Gasteiger partial charge is 0.423 e. The highest BCUT2D eigenvalue weighted by atomic mass is 32.2. The van der Waals surface area contributed by atoms with Crippen molar-refractivity contribution >= 4 is 21.6 Å². The molecule has 0 aliphatic carbocycles. The number of halogens is 1. The maximum absolute atomic E-state index is 14.4. The van der Waals surface area contributed by atoms with Crippen molar-refractivity contribution in [3.63, 3.8) is 0 Å². The van der Waals surface area contributed by atoms with Crippen LogP contribution in [0.15, 0.2) is 52.1 Å². The molecule has 0 bridgehead atoms. The molecule has 2 aromatic carbocycles. The summed E-state index contributed by atoms with van der Waals surface area (Å²) in [5.74, 6) is -1.32. The number of aryl methyl sites for hydroxylation is 1. The fourth-order valence-electron chi connectivity index (χ4n) is 2.93. The van der Waals surface area contributed by atoms with Gasteiger partial charge >= 0.3 is 0 Å². The van der Waals surface area contributed by atoms with Gasteiger partial charge in [-0.15, -0.1) is 10.2 Å². The van der Waals surface area contributed by atoms with Crippen LogP contribution in [0.1, 0.15) is 29.8 Å². The third-order valence-electron chi connectivity index (χ3n) is 4.62. The lowest BCUT2D eigenvalue weighted by Gasteiger charge is -2.19. The first kappa shape index (κ1) is 21.6. The van der Waals surface area contributed by atoms with Crippen LogP contribution in [0.3, 0.4) is 0 Å². The Bertz CT molecular complexity index is 1160. The summed E-state index contributed by atoms with van der Waals surface area (Å²) in [6, 6.07) is 8.29. The average Bonchev–Trinajstić information content (AvgIpc) is 3.25. The highest BCUT2D eigenvalue weighted by Crippen LogP contribution is 2.25.